The summed E-state index contributed by atoms with van der Waals surface area (Å²) in [5.74, 6) is -0.783. The van der Waals surface area contributed by atoms with E-state index in [4.69, 9.17) is 0 Å². The summed E-state index contributed by atoms with van der Waals surface area (Å²) >= 11 is 1.38. The molecular weight excluding hydrogens is 288 g/mol. The van der Waals surface area contributed by atoms with Gasteiger partial charge in [0.2, 0.25) is 0 Å². The Morgan fingerprint density at radius 2 is 2.10 bits per heavy atom. The Bertz CT molecular complexity index is 792. The van der Waals surface area contributed by atoms with Gasteiger partial charge in [0.1, 0.15) is 16.6 Å². The van der Waals surface area contributed by atoms with Crippen molar-refractivity contribution in [2.75, 3.05) is 0 Å². The van der Waals surface area contributed by atoms with Crippen molar-refractivity contribution in [1.82, 2.24) is 9.97 Å². The topological polar surface area (TPSA) is 97.3 Å². The highest BCUT2D eigenvalue weighted by molar-refractivity contribution is 7.18. The lowest BCUT2D eigenvalue weighted by atomic mass is 10.1. The average Bonchev–Trinajstić information content (AvgIpc) is 2.92. The quantitative estimate of drug-likeness (QED) is 0.718. The molecule has 0 fully saturated rings. The van der Waals surface area contributed by atoms with Crippen molar-refractivity contribution in [3.63, 3.8) is 0 Å². The Morgan fingerprint density at radius 1 is 1.29 bits per heavy atom. The van der Waals surface area contributed by atoms with Crippen molar-refractivity contribution < 1.29 is 10.4 Å². The van der Waals surface area contributed by atoms with Crippen LogP contribution in [0.1, 0.15) is 16.6 Å². The first-order chi connectivity index (χ1) is 10.2. The van der Waals surface area contributed by atoms with Gasteiger partial charge in [0.05, 0.1) is 16.3 Å². The molecule has 0 saturated carbocycles. The molecule has 0 aliphatic rings. The molecule has 2 N–H and O–H groups in total. The monoisotopic (exact) mass is 298 g/mol. The van der Waals surface area contributed by atoms with Crippen LogP contribution in [0.4, 0.5) is 5.69 Å². The second-order valence-corrected chi connectivity index (χ2v) is 5.39. The van der Waals surface area contributed by atoms with Crippen LogP contribution in [0, 0.1) is 16.5 Å². The molecule has 0 aliphatic carbocycles. The zero-order valence-electron chi connectivity index (χ0n) is 10.7. The molecule has 104 valence electrons. The largest absolute Gasteiger partial charge is 0.595 e. The van der Waals surface area contributed by atoms with E-state index >= 15 is 0 Å². The van der Waals surface area contributed by atoms with Crippen LogP contribution in [0.2, 0.25) is 0 Å². The first kappa shape index (κ1) is 13.6. The molecule has 2 atom stereocenters. The van der Waals surface area contributed by atoms with Gasteiger partial charge in [-0.1, -0.05) is 12.1 Å². The van der Waals surface area contributed by atoms with Crippen molar-refractivity contribution in [2.45, 2.75) is 5.92 Å². The lowest BCUT2D eigenvalue weighted by Gasteiger charge is -2.16. The third-order valence-electron chi connectivity index (χ3n) is 3.03. The summed E-state index contributed by atoms with van der Waals surface area (Å²) in [4.78, 5) is 8.50. The number of thiazole rings is 1. The normalized spacial score (nSPS) is 13.8. The molecule has 0 aliphatic heterocycles. The van der Waals surface area contributed by atoms with Crippen LogP contribution in [0.15, 0.2) is 42.6 Å². The molecule has 0 spiro atoms. The fourth-order valence-electron chi connectivity index (χ4n) is 2.08. The van der Waals surface area contributed by atoms with Gasteiger partial charge in [-0.2, -0.15) is 10.5 Å². The van der Waals surface area contributed by atoms with E-state index in [1.165, 1.54) is 23.6 Å². The number of rotatable bonds is 3. The first-order valence-corrected chi connectivity index (χ1v) is 6.95. The van der Waals surface area contributed by atoms with Crippen LogP contribution in [0.5, 0.6) is 0 Å². The molecule has 7 heteroatoms. The Hall–Kier alpha value is -2.37. The lowest BCUT2D eigenvalue weighted by Crippen LogP contribution is -2.99. The smallest absolute Gasteiger partial charge is 0.187 e. The van der Waals surface area contributed by atoms with Gasteiger partial charge in [-0.25, -0.2) is 10.2 Å². The van der Waals surface area contributed by atoms with Crippen molar-refractivity contribution in [1.29, 1.82) is 5.26 Å². The fraction of sp³-hybridized carbons (Fsp3) is 0.0714. The van der Waals surface area contributed by atoms with Crippen LogP contribution in [-0.2, 0) is 0 Å². The van der Waals surface area contributed by atoms with Gasteiger partial charge in [-0.15, -0.1) is 11.3 Å². The second kappa shape index (κ2) is 5.55. The van der Waals surface area contributed by atoms with Crippen LogP contribution in [0.3, 0.4) is 0 Å². The molecule has 0 saturated heterocycles. The Labute approximate surface area is 124 Å². The molecule has 3 aromatic rings. The molecule has 6 nitrogen and oxygen atoms in total. The SMILES string of the molecule is N#C[C@@H](c1nc2ccccc2s1)c1ncccc1[NH+]([O-])O. The number of para-hydroxylation sites is 1. The number of pyridine rings is 1. The minimum atomic E-state index is -1.10. The minimum Gasteiger partial charge on any atom is -0.595 e. The molecule has 1 aromatic carbocycles. The first-order valence-electron chi connectivity index (χ1n) is 6.14. The maximum Gasteiger partial charge on any atom is 0.187 e. The standard InChI is InChI=1S/C14H10N4O2S/c15-8-9(13-11(18(19)20)5-3-7-16-13)14-17-10-4-1-2-6-12(10)21-14/h1-7,9,18-19H/t9-/m1/s1. The molecule has 2 aromatic heterocycles. The highest BCUT2D eigenvalue weighted by atomic mass is 32.1. The maximum atomic E-state index is 11.3. The van der Waals surface area contributed by atoms with Gasteiger partial charge >= 0.3 is 0 Å². The van der Waals surface area contributed by atoms with Crippen molar-refractivity contribution in [2.24, 2.45) is 0 Å². The van der Waals surface area contributed by atoms with Crippen LogP contribution in [-0.4, -0.2) is 15.2 Å². The van der Waals surface area contributed by atoms with Gasteiger partial charge in [0.25, 0.3) is 0 Å². The zero-order valence-corrected chi connectivity index (χ0v) is 11.5. The minimum absolute atomic E-state index is 0.0308. The van der Waals surface area contributed by atoms with Gasteiger partial charge in [-0.05, 0) is 18.2 Å². The number of nitrogens with one attached hydrogen (secondary N) is 1. The number of quaternary nitrogens is 1. The average molecular weight is 298 g/mol. The molecule has 2 heterocycles. The number of hydrogen-bond acceptors (Lipinski definition) is 6. The van der Waals surface area contributed by atoms with Crippen LogP contribution in [0.25, 0.3) is 10.2 Å². The van der Waals surface area contributed by atoms with E-state index in [1.807, 2.05) is 24.3 Å². The maximum absolute atomic E-state index is 11.3. The van der Waals surface area contributed by atoms with E-state index in [1.54, 1.807) is 6.07 Å². The predicted octanol–water partition coefficient (Wildman–Crippen LogP) is 1.75. The van der Waals surface area contributed by atoms with E-state index in [9.17, 15) is 15.7 Å². The molecule has 1 unspecified atom stereocenters. The summed E-state index contributed by atoms with van der Waals surface area (Å²) in [6.07, 6.45) is 1.49. The third kappa shape index (κ3) is 2.49. The van der Waals surface area contributed by atoms with Gasteiger partial charge in [0, 0.05) is 12.3 Å². The zero-order chi connectivity index (χ0) is 14.8. The highest BCUT2D eigenvalue weighted by Crippen LogP contribution is 2.32. The summed E-state index contributed by atoms with van der Waals surface area (Å²) in [6.45, 7) is 0. The lowest BCUT2D eigenvalue weighted by molar-refractivity contribution is -0.991. The second-order valence-electron chi connectivity index (χ2n) is 4.32. The van der Waals surface area contributed by atoms with E-state index in [0.717, 1.165) is 10.2 Å². The molecule has 21 heavy (non-hydrogen) atoms. The number of aromatic nitrogens is 2. The van der Waals surface area contributed by atoms with Crippen LogP contribution >= 0.6 is 11.3 Å². The number of fused-ring (bicyclic) bond motifs is 1. The van der Waals surface area contributed by atoms with E-state index < -0.39 is 11.1 Å². The van der Waals surface area contributed by atoms with Crippen molar-refractivity contribution in [3.05, 3.63) is 58.5 Å². The van der Waals surface area contributed by atoms with Crippen LogP contribution < -0.4 is 5.23 Å². The molecule has 0 bridgehead atoms. The Kier molecular flexibility index (Phi) is 3.60. The predicted molar refractivity (Wildman–Crippen MR) is 77.1 cm³/mol. The summed E-state index contributed by atoms with van der Waals surface area (Å²) in [7, 11) is 0. The number of nitrogens with zero attached hydrogens (tertiary/aromatic N) is 3. The summed E-state index contributed by atoms with van der Waals surface area (Å²) in [5, 5.41) is 29.4. The van der Waals surface area contributed by atoms with Crippen molar-refractivity contribution >= 4 is 27.2 Å². The third-order valence-corrected chi connectivity index (χ3v) is 4.13. The van der Waals surface area contributed by atoms with Crippen molar-refractivity contribution in [3.8, 4) is 6.07 Å². The Balaban J connectivity index is 2.13. The number of hydrogen-bond donors (Lipinski definition) is 2. The summed E-state index contributed by atoms with van der Waals surface area (Å²) in [6, 6.07) is 12.7. The molecule has 0 amide bonds. The van der Waals surface area contributed by atoms with E-state index in [0.29, 0.717) is 5.01 Å². The van der Waals surface area contributed by atoms with Gasteiger partial charge in [-0.3, -0.25) is 4.98 Å². The summed E-state index contributed by atoms with van der Waals surface area (Å²) in [5.41, 5.74) is 1.06. The highest BCUT2D eigenvalue weighted by Gasteiger charge is 2.25. The number of nitriles is 1. The molecule has 3 rings (SSSR count). The Morgan fingerprint density at radius 3 is 2.81 bits per heavy atom. The van der Waals surface area contributed by atoms with Gasteiger partial charge < -0.3 is 5.21 Å². The number of benzene rings is 1. The molecule has 0 radical (unpaired) electrons. The van der Waals surface area contributed by atoms with Gasteiger partial charge in [0.15, 0.2) is 5.69 Å². The molecular formula is C14H10N4O2S. The van der Waals surface area contributed by atoms with E-state index in [2.05, 4.69) is 16.0 Å². The van der Waals surface area contributed by atoms with E-state index in [-0.39, 0.29) is 11.4 Å². The fourth-order valence-corrected chi connectivity index (χ4v) is 3.09. The summed E-state index contributed by atoms with van der Waals surface area (Å²) < 4.78 is 0.959.